The van der Waals surface area contributed by atoms with Crippen molar-refractivity contribution in [3.05, 3.63) is 30.3 Å². The molecule has 0 saturated heterocycles. The average molecular weight is 168 g/mol. The highest BCUT2D eigenvalue weighted by Crippen LogP contribution is 2.06. The van der Waals surface area contributed by atoms with Crippen LogP contribution in [0.2, 0.25) is 0 Å². The molecular weight excluding hydrogens is 163 g/mol. The molecule has 0 fully saturated rings. The second-order valence-corrected chi connectivity index (χ2v) is 1.72. The molecule has 3 nitrogen and oxygen atoms in total. The quantitative estimate of drug-likeness (QED) is 0.519. The van der Waals surface area contributed by atoms with Crippen LogP contribution in [0.3, 0.4) is 0 Å². The average Bonchev–Trinajstić information content (AvgIpc) is 1.88. The molecule has 1 rings (SSSR count). The summed E-state index contributed by atoms with van der Waals surface area (Å²) in [7, 11) is -2.23. The Morgan fingerprint density at radius 1 is 1.09 bits per heavy atom. The van der Waals surface area contributed by atoms with Crippen molar-refractivity contribution >= 4 is 20.8 Å². The summed E-state index contributed by atoms with van der Waals surface area (Å²) in [6.07, 6.45) is 0. The summed E-state index contributed by atoms with van der Waals surface area (Å²) in [6, 6.07) is 8.28. The lowest BCUT2D eigenvalue weighted by Crippen LogP contribution is -2.50. The molecule has 1 aromatic carbocycles. The normalized spacial score (nSPS) is 8.18. The minimum atomic E-state index is -2.23. The lowest BCUT2D eigenvalue weighted by molar-refractivity contribution is -0.372. The molecule has 0 aliphatic heterocycles. The van der Waals surface area contributed by atoms with Crippen LogP contribution in [0.5, 0.6) is 5.75 Å². The first-order valence-electron chi connectivity index (χ1n) is 2.82. The molecule has 60 valence electrons. The van der Waals surface area contributed by atoms with Gasteiger partial charge >= 0.3 is 0 Å². The fourth-order valence-electron chi connectivity index (χ4n) is 0.610. The third-order valence-corrected chi connectivity index (χ3v) is 0.976. The molecule has 11 heavy (non-hydrogen) atoms. The number of rotatable bonds is 2. The predicted molar refractivity (Wildman–Crippen MR) is 40.2 cm³/mol. The van der Waals surface area contributed by atoms with Gasteiger partial charge in [-0.1, -0.05) is 18.2 Å². The molecule has 0 radical (unpaired) electrons. The van der Waals surface area contributed by atoms with E-state index in [1.54, 1.807) is 30.3 Å². The molecule has 0 unspecified atom stereocenters. The van der Waals surface area contributed by atoms with Crippen molar-refractivity contribution in [3.63, 3.8) is 0 Å². The van der Waals surface area contributed by atoms with Crippen LogP contribution in [-0.4, -0.2) is 7.32 Å². The van der Waals surface area contributed by atoms with Gasteiger partial charge in [0.25, 0.3) is 0 Å². The van der Waals surface area contributed by atoms with Crippen LogP contribution in [0.1, 0.15) is 0 Å². The fraction of sp³-hybridized carbons (Fsp3) is 0. The largest absolute Gasteiger partial charge is 2.00 e. The molecule has 0 saturated carbocycles. The van der Waals surface area contributed by atoms with Gasteiger partial charge < -0.3 is 28.2 Å². The fourth-order valence-corrected chi connectivity index (χ4v) is 0.610. The first-order chi connectivity index (χ1) is 4.79. The molecule has 1 aromatic rings. The lowest BCUT2D eigenvalue weighted by atomic mass is 10.2. The minimum absolute atomic E-state index is 0. The van der Waals surface area contributed by atoms with Gasteiger partial charge in [-0.05, 0) is 12.1 Å². The highest BCUT2D eigenvalue weighted by molar-refractivity contribution is 7.37. The molecule has 0 spiro atoms. The molecule has 0 atom stereocenters. The molecule has 5 heteroatoms. The van der Waals surface area contributed by atoms with Gasteiger partial charge in [-0.3, -0.25) is 0 Å². The zero-order valence-electron chi connectivity index (χ0n) is 5.60. The predicted octanol–water partition coefficient (Wildman–Crippen LogP) is -1.23. The van der Waals surface area contributed by atoms with E-state index in [2.05, 4.69) is 4.65 Å². The number of para-hydroxylation sites is 1. The Labute approximate surface area is 72.3 Å². The monoisotopic (exact) mass is 168 g/mol. The molecule has 0 heterocycles. The van der Waals surface area contributed by atoms with Crippen molar-refractivity contribution in [1.29, 1.82) is 0 Å². The van der Waals surface area contributed by atoms with E-state index in [0.29, 0.717) is 5.75 Å². The number of hydrogen-bond donors (Lipinski definition) is 0. The molecular formula is C6H5BO3S-4. The van der Waals surface area contributed by atoms with Gasteiger partial charge in [0, 0.05) is 0 Å². The van der Waals surface area contributed by atoms with E-state index < -0.39 is 7.32 Å². The van der Waals surface area contributed by atoms with Crippen LogP contribution in [0, 0.1) is 0 Å². The molecule has 0 aliphatic rings. The van der Waals surface area contributed by atoms with Crippen LogP contribution in [0.25, 0.3) is 0 Å². The van der Waals surface area contributed by atoms with Gasteiger partial charge in [-0.25, -0.2) is 0 Å². The zero-order chi connectivity index (χ0) is 7.40. The van der Waals surface area contributed by atoms with Crippen LogP contribution < -0.4 is 14.7 Å². The highest BCUT2D eigenvalue weighted by atomic mass is 32.1. The summed E-state index contributed by atoms with van der Waals surface area (Å²) in [4.78, 5) is 0. The number of hydrogen-bond acceptors (Lipinski definition) is 3. The lowest BCUT2D eigenvalue weighted by Gasteiger charge is -2.26. The summed E-state index contributed by atoms with van der Waals surface area (Å²) in [5.41, 5.74) is 0. The topological polar surface area (TPSA) is 55.3 Å². The Kier molecular flexibility index (Phi) is 4.77. The minimum Gasteiger partial charge on any atom is -2.00 e. The Balaban J connectivity index is 0.000001000. The van der Waals surface area contributed by atoms with Crippen molar-refractivity contribution in [1.82, 2.24) is 0 Å². The van der Waals surface area contributed by atoms with Crippen molar-refractivity contribution in [2.75, 3.05) is 0 Å². The van der Waals surface area contributed by atoms with Crippen molar-refractivity contribution in [2.24, 2.45) is 0 Å². The highest BCUT2D eigenvalue weighted by Gasteiger charge is 1.84. The first-order valence-corrected chi connectivity index (χ1v) is 2.82. The maximum absolute atomic E-state index is 9.92. The standard InChI is InChI=1S/C6H5BO3.S/c8-7(9)10-6-4-2-1-3-5-6;/h1-5H;/q2*-2. The summed E-state index contributed by atoms with van der Waals surface area (Å²) in [5.74, 6) is 0.317. The first kappa shape index (κ1) is 10.4. The van der Waals surface area contributed by atoms with E-state index in [0.717, 1.165) is 0 Å². The van der Waals surface area contributed by atoms with Crippen LogP contribution in [0.15, 0.2) is 30.3 Å². The Morgan fingerprint density at radius 3 is 2.09 bits per heavy atom. The summed E-state index contributed by atoms with van der Waals surface area (Å²) < 4.78 is 4.30. The third kappa shape index (κ3) is 3.92. The smallest absolute Gasteiger partial charge is 0.133 e. The van der Waals surface area contributed by atoms with Gasteiger partial charge in [-0.15, -0.1) is 0 Å². The molecule has 0 bridgehead atoms. The van der Waals surface area contributed by atoms with E-state index in [4.69, 9.17) is 0 Å². The van der Waals surface area contributed by atoms with E-state index in [9.17, 15) is 10.0 Å². The van der Waals surface area contributed by atoms with Gasteiger partial charge in [0.05, 0.1) is 5.75 Å². The van der Waals surface area contributed by atoms with Gasteiger partial charge in [0.15, 0.2) is 0 Å². The van der Waals surface area contributed by atoms with Crippen molar-refractivity contribution in [2.45, 2.75) is 0 Å². The Hall–Kier alpha value is -0.645. The van der Waals surface area contributed by atoms with Crippen LogP contribution in [-0.2, 0) is 13.5 Å². The molecule has 0 aliphatic carbocycles. The van der Waals surface area contributed by atoms with E-state index in [-0.39, 0.29) is 13.5 Å². The second-order valence-electron chi connectivity index (χ2n) is 1.72. The van der Waals surface area contributed by atoms with E-state index >= 15 is 0 Å². The van der Waals surface area contributed by atoms with Gasteiger partial charge in [0.2, 0.25) is 0 Å². The summed E-state index contributed by atoms with van der Waals surface area (Å²) in [6.45, 7) is 0. The molecule has 0 aromatic heterocycles. The Morgan fingerprint density at radius 2 is 1.64 bits per heavy atom. The number of benzene rings is 1. The second kappa shape index (κ2) is 5.06. The van der Waals surface area contributed by atoms with Gasteiger partial charge in [0.1, 0.15) is 7.32 Å². The SMILES string of the molecule is [O-]B([O-])Oc1ccccc1.[S-2]. The van der Waals surface area contributed by atoms with Crippen LogP contribution in [0.4, 0.5) is 0 Å². The summed E-state index contributed by atoms with van der Waals surface area (Å²) in [5, 5.41) is 19.8. The van der Waals surface area contributed by atoms with Crippen LogP contribution >= 0.6 is 0 Å². The van der Waals surface area contributed by atoms with Gasteiger partial charge in [-0.2, -0.15) is 0 Å². The van der Waals surface area contributed by atoms with Crippen molar-refractivity contribution < 1.29 is 14.7 Å². The molecule has 0 amide bonds. The zero-order valence-corrected chi connectivity index (χ0v) is 6.41. The maximum Gasteiger partial charge on any atom is 0.133 e. The molecule has 0 N–H and O–H groups in total. The Bertz CT molecular complexity index is 192. The van der Waals surface area contributed by atoms with E-state index in [1.807, 2.05) is 0 Å². The maximum atomic E-state index is 9.92. The third-order valence-electron chi connectivity index (χ3n) is 0.976. The van der Waals surface area contributed by atoms with E-state index in [1.165, 1.54) is 0 Å². The summed E-state index contributed by atoms with van der Waals surface area (Å²) >= 11 is 0. The van der Waals surface area contributed by atoms with Crippen molar-refractivity contribution in [3.8, 4) is 5.75 Å².